The highest BCUT2D eigenvalue weighted by atomic mass is 16.4. The van der Waals surface area contributed by atoms with Crippen molar-refractivity contribution in [3.63, 3.8) is 0 Å². The van der Waals surface area contributed by atoms with E-state index in [1.54, 1.807) is 0 Å². The number of hydrogen-bond donors (Lipinski definition) is 1. The van der Waals surface area contributed by atoms with Crippen molar-refractivity contribution in [3.8, 4) is 0 Å². The summed E-state index contributed by atoms with van der Waals surface area (Å²) >= 11 is 0. The number of hydrogen-bond acceptors (Lipinski definition) is 5. The van der Waals surface area contributed by atoms with Crippen LogP contribution in [0.15, 0.2) is 10.5 Å². The summed E-state index contributed by atoms with van der Waals surface area (Å²) in [6.07, 6.45) is 5.92. The van der Waals surface area contributed by atoms with Gasteiger partial charge in [-0.2, -0.15) is 4.98 Å². The molecule has 124 valence electrons. The molecule has 1 N–H and O–H groups in total. The van der Waals surface area contributed by atoms with Gasteiger partial charge in [-0.05, 0) is 26.7 Å². The molecule has 1 fully saturated rings. The zero-order valence-corrected chi connectivity index (χ0v) is 13.9. The molecule has 0 saturated heterocycles. The van der Waals surface area contributed by atoms with Gasteiger partial charge in [0.25, 0.3) is 0 Å². The van der Waals surface area contributed by atoms with E-state index >= 15 is 0 Å². The molecule has 6 heteroatoms. The van der Waals surface area contributed by atoms with Crippen LogP contribution in [0.2, 0.25) is 0 Å². The highest BCUT2D eigenvalue weighted by Gasteiger charge is 2.26. The first-order valence-electron chi connectivity index (χ1n) is 8.25. The van der Waals surface area contributed by atoms with Crippen molar-refractivity contribution in [2.45, 2.75) is 57.9 Å². The molecule has 2 heterocycles. The third-order valence-electron chi connectivity index (χ3n) is 4.68. The summed E-state index contributed by atoms with van der Waals surface area (Å²) in [7, 11) is 1.99. The summed E-state index contributed by atoms with van der Waals surface area (Å²) in [6.45, 7) is 4.20. The van der Waals surface area contributed by atoms with Crippen LogP contribution in [-0.4, -0.2) is 34.1 Å². The Morgan fingerprint density at radius 2 is 2.00 bits per heavy atom. The van der Waals surface area contributed by atoms with Gasteiger partial charge in [0.15, 0.2) is 5.82 Å². The minimum absolute atomic E-state index is 0.112. The van der Waals surface area contributed by atoms with E-state index in [2.05, 4.69) is 23.7 Å². The van der Waals surface area contributed by atoms with Crippen LogP contribution in [0.1, 0.15) is 68.1 Å². The normalized spacial score (nSPS) is 16.2. The fourth-order valence-corrected chi connectivity index (χ4v) is 3.12. The van der Waals surface area contributed by atoms with Gasteiger partial charge < -0.3 is 14.4 Å². The lowest BCUT2D eigenvalue weighted by Crippen LogP contribution is -2.29. The van der Waals surface area contributed by atoms with Crippen LogP contribution in [0.5, 0.6) is 0 Å². The number of aromatic carboxylic acids is 1. The molecule has 0 unspecified atom stereocenters. The molecule has 1 saturated carbocycles. The predicted octanol–water partition coefficient (Wildman–Crippen LogP) is 3.81. The number of fused-ring (bicyclic) bond motifs is 1. The number of nitrogens with zero attached hydrogens (tertiary/aromatic N) is 3. The van der Waals surface area contributed by atoms with Gasteiger partial charge in [0.2, 0.25) is 11.5 Å². The lowest BCUT2D eigenvalue weighted by molar-refractivity contribution is 0.0664. The minimum Gasteiger partial charge on any atom is -0.475 e. The van der Waals surface area contributed by atoms with Crippen molar-refractivity contribution >= 4 is 23.0 Å². The number of carboxylic acid groups (broad SMARTS) is 1. The molecule has 0 radical (unpaired) electrons. The number of carbonyl (C=O) groups is 1. The van der Waals surface area contributed by atoms with E-state index in [1.165, 1.54) is 25.3 Å². The highest BCUT2D eigenvalue weighted by Crippen LogP contribution is 2.37. The summed E-state index contributed by atoms with van der Waals surface area (Å²) in [5.41, 5.74) is 1.81. The molecule has 0 amide bonds. The molecule has 0 bridgehead atoms. The van der Waals surface area contributed by atoms with Crippen molar-refractivity contribution in [1.29, 1.82) is 0 Å². The van der Waals surface area contributed by atoms with E-state index in [4.69, 9.17) is 14.5 Å². The maximum absolute atomic E-state index is 11.1. The Bertz CT molecular complexity index is 717. The topological polar surface area (TPSA) is 79.5 Å². The molecular weight excluding hydrogens is 294 g/mol. The van der Waals surface area contributed by atoms with Gasteiger partial charge in [-0.25, -0.2) is 9.78 Å². The van der Waals surface area contributed by atoms with E-state index in [9.17, 15) is 4.79 Å². The van der Waals surface area contributed by atoms with Crippen LogP contribution in [-0.2, 0) is 0 Å². The van der Waals surface area contributed by atoms with Gasteiger partial charge in [0.05, 0.1) is 5.69 Å². The summed E-state index contributed by atoms with van der Waals surface area (Å²) in [5, 5.41) is 9.11. The van der Waals surface area contributed by atoms with E-state index in [-0.39, 0.29) is 11.8 Å². The fraction of sp³-hybridized carbons (Fsp3) is 0.588. The van der Waals surface area contributed by atoms with Crippen LogP contribution in [0.4, 0.5) is 5.82 Å². The number of furan rings is 1. The monoisotopic (exact) mass is 317 g/mol. The van der Waals surface area contributed by atoms with Crippen molar-refractivity contribution in [2.75, 3.05) is 11.9 Å². The largest absolute Gasteiger partial charge is 0.475 e. The van der Waals surface area contributed by atoms with Gasteiger partial charge in [-0.15, -0.1) is 0 Å². The van der Waals surface area contributed by atoms with Crippen LogP contribution in [0.3, 0.4) is 0 Å². The molecule has 23 heavy (non-hydrogen) atoms. The van der Waals surface area contributed by atoms with E-state index in [1.807, 2.05) is 7.05 Å². The van der Waals surface area contributed by atoms with E-state index in [0.717, 1.165) is 24.4 Å². The Kier molecular flexibility index (Phi) is 4.24. The smallest absolute Gasteiger partial charge is 0.371 e. The Hall–Kier alpha value is -2.11. The van der Waals surface area contributed by atoms with Crippen LogP contribution in [0, 0.1) is 0 Å². The summed E-state index contributed by atoms with van der Waals surface area (Å²) in [5.74, 6) is -0.00700. The zero-order chi connectivity index (χ0) is 16.6. The maximum atomic E-state index is 11.1. The molecule has 2 aromatic heterocycles. The first-order chi connectivity index (χ1) is 11.0. The van der Waals surface area contributed by atoms with Gasteiger partial charge in [-0.3, -0.25) is 0 Å². The molecular formula is C17H23N3O3. The molecule has 0 spiro atoms. The van der Waals surface area contributed by atoms with Crippen LogP contribution < -0.4 is 4.90 Å². The Balaban J connectivity index is 2.12. The van der Waals surface area contributed by atoms with Crippen LogP contribution in [0.25, 0.3) is 11.2 Å². The van der Waals surface area contributed by atoms with Crippen molar-refractivity contribution in [2.24, 2.45) is 0 Å². The van der Waals surface area contributed by atoms with Gasteiger partial charge >= 0.3 is 5.97 Å². The maximum Gasteiger partial charge on any atom is 0.371 e. The summed E-state index contributed by atoms with van der Waals surface area (Å²) in [4.78, 5) is 22.6. The van der Waals surface area contributed by atoms with E-state index in [0.29, 0.717) is 17.1 Å². The lowest BCUT2D eigenvalue weighted by atomic mass is 9.86. The number of aromatic nitrogens is 2. The molecule has 1 aliphatic rings. The van der Waals surface area contributed by atoms with Crippen molar-refractivity contribution in [1.82, 2.24) is 9.97 Å². The summed E-state index contributed by atoms with van der Waals surface area (Å²) < 4.78 is 5.34. The zero-order valence-electron chi connectivity index (χ0n) is 13.9. The third kappa shape index (κ3) is 3.02. The van der Waals surface area contributed by atoms with Gasteiger partial charge in [0, 0.05) is 25.1 Å². The van der Waals surface area contributed by atoms with E-state index < -0.39 is 5.97 Å². The molecule has 0 aliphatic heterocycles. The molecule has 2 aromatic rings. The van der Waals surface area contributed by atoms with Crippen molar-refractivity contribution in [3.05, 3.63) is 17.5 Å². The SMILES string of the molecule is CC(C)N(C)c1nc2oc(C(=O)O)cc2nc1C1CCCCC1. The Labute approximate surface area is 135 Å². The third-order valence-corrected chi connectivity index (χ3v) is 4.68. The quantitative estimate of drug-likeness (QED) is 0.923. The van der Waals surface area contributed by atoms with Gasteiger partial charge in [0.1, 0.15) is 5.52 Å². The second-order valence-corrected chi connectivity index (χ2v) is 6.58. The summed E-state index contributed by atoms with van der Waals surface area (Å²) in [6, 6.07) is 1.74. The predicted molar refractivity (Wildman–Crippen MR) is 88.1 cm³/mol. The molecule has 6 nitrogen and oxygen atoms in total. The molecule has 0 atom stereocenters. The van der Waals surface area contributed by atoms with Gasteiger partial charge in [-0.1, -0.05) is 19.3 Å². The highest BCUT2D eigenvalue weighted by molar-refractivity contribution is 5.89. The average molecular weight is 317 g/mol. The standard InChI is InChI=1S/C17H23N3O3/c1-10(2)20(3)15-14(11-7-5-4-6-8-11)18-12-9-13(17(21)22)23-16(12)19-15/h9-11H,4-8H2,1-3H3,(H,21,22). The van der Waals surface area contributed by atoms with Crippen molar-refractivity contribution < 1.29 is 14.3 Å². The minimum atomic E-state index is -1.09. The number of carboxylic acids is 1. The molecule has 1 aliphatic carbocycles. The Morgan fingerprint density at radius 1 is 1.30 bits per heavy atom. The Morgan fingerprint density at radius 3 is 2.61 bits per heavy atom. The first kappa shape index (κ1) is 15.8. The lowest BCUT2D eigenvalue weighted by Gasteiger charge is -2.28. The first-order valence-corrected chi connectivity index (χ1v) is 8.25. The number of rotatable bonds is 4. The fourth-order valence-electron chi connectivity index (χ4n) is 3.12. The average Bonchev–Trinajstić information content (AvgIpc) is 2.97. The molecule has 0 aromatic carbocycles. The molecule has 3 rings (SSSR count). The second-order valence-electron chi connectivity index (χ2n) is 6.58. The second kappa shape index (κ2) is 6.18. The number of anilines is 1. The van der Waals surface area contributed by atoms with Crippen LogP contribution >= 0.6 is 0 Å².